The zero-order valence-corrected chi connectivity index (χ0v) is 17.8. The lowest BCUT2D eigenvalue weighted by molar-refractivity contribution is 0.0595. The third kappa shape index (κ3) is 5.28. The number of nitrogens with one attached hydrogen (secondary N) is 1. The maximum Gasteiger partial charge on any atom is 0.253 e. The van der Waals surface area contributed by atoms with Gasteiger partial charge < -0.3 is 19.7 Å². The molecular weight excluding hydrogens is 366 g/mol. The largest absolute Gasteiger partial charge is 0.497 e. The monoisotopic (exact) mass is 397 g/mol. The summed E-state index contributed by atoms with van der Waals surface area (Å²) in [7, 11) is 3.52. The minimum atomic E-state index is 0.0821. The Hall–Kier alpha value is -2.57. The summed E-state index contributed by atoms with van der Waals surface area (Å²) in [5.74, 6) is 2.25. The molecule has 0 unspecified atom stereocenters. The molecule has 1 fully saturated rings. The molecule has 0 radical (unpaired) electrons. The molecule has 1 heterocycles. The molecule has 1 aliphatic heterocycles. The van der Waals surface area contributed by atoms with Crippen LogP contribution in [0.1, 0.15) is 29.8 Å². The molecule has 1 N–H and O–H groups in total. The highest BCUT2D eigenvalue weighted by Crippen LogP contribution is 2.29. The van der Waals surface area contributed by atoms with E-state index in [0.29, 0.717) is 23.9 Å². The lowest BCUT2D eigenvalue weighted by atomic mass is 10.1. The van der Waals surface area contributed by atoms with Gasteiger partial charge in [-0.3, -0.25) is 9.69 Å². The molecule has 0 bridgehead atoms. The maximum atomic E-state index is 13.0. The van der Waals surface area contributed by atoms with Gasteiger partial charge in [0.2, 0.25) is 0 Å². The van der Waals surface area contributed by atoms with Crippen molar-refractivity contribution in [3.05, 3.63) is 53.6 Å². The van der Waals surface area contributed by atoms with Crippen LogP contribution in [-0.4, -0.2) is 62.1 Å². The van der Waals surface area contributed by atoms with Crippen molar-refractivity contribution in [2.24, 2.45) is 0 Å². The quantitative estimate of drug-likeness (QED) is 0.776. The second-order valence-corrected chi connectivity index (χ2v) is 7.56. The molecule has 0 atom stereocenters. The van der Waals surface area contributed by atoms with Crippen LogP contribution in [-0.2, 0) is 6.54 Å². The van der Waals surface area contributed by atoms with E-state index in [0.717, 1.165) is 43.2 Å². The summed E-state index contributed by atoms with van der Waals surface area (Å²) in [4.78, 5) is 17.4. The first-order valence-electron chi connectivity index (χ1n) is 10.1. The molecule has 2 aromatic carbocycles. The molecule has 1 aliphatic rings. The van der Waals surface area contributed by atoms with Crippen molar-refractivity contribution in [1.29, 1.82) is 0 Å². The zero-order valence-electron chi connectivity index (χ0n) is 17.8. The number of carbonyl (C=O) groups excluding carboxylic acids is 1. The average Bonchev–Trinajstić information content (AvgIpc) is 2.75. The number of hydrogen-bond donors (Lipinski definition) is 1. The van der Waals surface area contributed by atoms with Crippen LogP contribution in [0.2, 0.25) is 0 Å². The van der Waals surface area contributed by atoms with Gasteiger partial charge in [0.15, 0.2) is 0 Å². The fourth-order valence-electron chi connectivity index (χ4n) is 3.56. The van der Waals surface area contributed by atoms with Crippen molar-refractivity contribution in [2.45, 2.75) is 26.4 Å². The van der Waals surface area contributed by atoms with Gasteiger partial charge in [0.25, 0.3) is 5.91 Å². The molecule has 0 saturated carbocycles. The summed E-state index contributed by atoms with van der Waals surface area (Å²) in [6, 6.07) is 13.7. The Kier molecular flexibility index (Phi) is 7.12. The smallest absolute Gasteiger partial charge is 0.253 e. The predicted molar refractivity (Wildman–Crippen MR) is 115 cm³/mol. The number of carbonyl (C=O) groups is 1. The van der Waals surface area contributed by atoms with Crippen LogP contribution in [0.5, 0.6) is 17.2 Å². The summed E-state index contributed by atoms with van der Waals surface area (Å²) < 4.78 is 11.3. The van der Waals surface area contributed by atoms with Gasteiger partial charge >= 0.3 is 0 Å². The first-order chi connectivity index (χ1) is 14.0. The summed E-state index contributed by atoms with van der Waals surface area (Å²) in [6.07, 6.45) is 0. The summed E-state index contributed by atoms with van der Waals surface area (Å²) >= 11 is 0. The van der Waals surface area contributed by atoms with E-state index in [1.807, 2.05) is 54.4 Å². The first-order valence-corrected chi connectivity index (χ1v) is 10.1. The zero-order chi connectivity index (χ0) is 20.8. The van der Waals surface area contributed by atoms with E-state index in [2.05, 4.69) is 24.1 Å². The summed E-state index contributed by atoms with van der Waals surface area (Å²) in [6.45, 7) is 8.38. The fraction of sp³-hybridized carbons (Fsp3) is 0.435. The van der Waals surface area contributed by atoms with E-state index in [-0.39, 0.29) is 5.91 Å². The second-order valence-electron chi connectivity index (χ2n) is 7.56. The van der Waals surface area contributed by atoms with Crippen LogP contribution >= 0.6 is 0 Å². The number of methoxy groups -OCH3 is 1. The van der Waals surface area contributed by atoms with Crippen molar-refractivity contribution in [1.82, 2.24) is 15.1 Å². The maximum absolute atomic E-state index is 13.0. The van der Waals surface area contributed by atoms with E-state index in [1.165, 1.54) is 0 Å². The van der Waals surface area contributed by atoms with Crippen molar-refractivity contribution < 1.29 is 14.3 Å². The highest BCUT2D eigenvalue weighted by atomic mass is 16.5. The average molecular weight is 398 g/mol. The van der Waals surface area contributed by atoms with Crippen LogP contribution in [0, 0.1) is 0 Å². The number of amides is 1. The number of rotatable bonds is 7. The van der Waals surface area contributed by atoms with Crippen molar-refractivity contribution in [3.63, 3.8) is 0 Å². The van der Waals surface area contributed by atoms with Crippen molar-refractivity contribution >= 4 is 5.91 Å². The van der Waals surface area contributed by atoms with E-state index >= 15 is 0 Å². The Bertz CT molecular complexity index is 830. The van der Waals surface area contributed by atoms with Crippen molar-refractivity contribution in [3.8, 4) is 17.2 Å². The summed E-state index contributed by atoms with van der Waals surface area (Å²) in [5, 5.41) is 3.16. The molecule has 2 aromatic rings. The van der Waals surface area contributed by atoms with Crippen LogP contribution < -0.4 is 14.8 Å². The van der Waals surface area contributed by atoms with Crippen LogP contribution in [0.3, 0.4) is 0 Å². The number of piperazine rings is 1. The van der Waals surface area contributed by atoms with Gasteiger partial charge in [0.1, 0.15) is 17.2 Å². The van der Waals surface area contributed by atoms with E-state index < -0.39 is 0 Å². The normalized spacial score (nSPS) is 14.9. The van der Waals surface area contributed by atoms with Gasteiger partial charge in [-0.15, -0.1) is 0 Å². The molecule has 1 amide bonds. The van der Waals surface area contributed by atoms with Gasteiger partial charge in [-0.25, -0.2) is 0 Å². The molecule has 0 aromatic heterocycles. The molecule has 6 nitrogen and oxygen atoms in total. The number of nitrogens with zero attached hydrogens (tertiary/aromatic N) is 2. The Morgan fingerprint density at radius 3 is 2.45 bits per heavy atom. The SMILES string of the molecule is CNCc1cc(C(=O)N2CCN(C(C)C)CC2)ccc1Oc1cccc(OC)c1. The topological polar surface area (TPSA) is 54.0 Å². The summed E-state index contributed by atoms with van der Waals surface area (Å²) in [5.41, 5.74) is 1.65. The standard InChI is InChI=1S/C23H31N3O3/c1-17(2)25-10-12-26(13-11-25)23(27)18-8-9-22(19(14-18)16-24-3)29-21-7-5-6-20(15-21)28-4/h5-9,14-15,17,24H,10-13,16H2,1-4H3. The minimum absolute atomic E-state index is 0.0821. The molecule has 0 spiro atoms. The molecule has 1 saturated heterocycles. The molecule has 6 heteroatoms. The number of ether oxygens (including phenoxy) is 2. The molecule has 0 aliphatic carbocycles. The van der Waals surface area contributed by atoms with E-state index in [1.54, 1.807) is 7.11 Å². The Morgan fingerprint density at radius 2 is 1.79 bits per heavy atom. The lowest BCUT2D eigenvalue weighted by Gasteiger charge is -2.37. The number of hydrogen-bond acceptors (Lipinski definition) is 5. The van der Waals surface area contributed by atoms with E-state index in [4.69, 9.17) is 9.47 Å². The van der Waals surface area contributed by atoms with Crippen LogP contribution in [0.25, 0.3) is 0 Å². The van der Waals surface area contributed by atoms with Gasteiger partial charge in [0.05, 0.1) is 7.11 Å². The highest BCUT2D eigenvalue weighted by Gasteiger charge is 2.24. The molecular formula is C23H31N3O3. The Morgan fingerprint density at radius 1 is 1.07 bits per heavy atom. The number of benzene rings is 2. The Labute approximate surface area is 173 Å². The van der Waals surface area contributed by atoms with Crippen LogP contribution in [0.4, 0.5) is 0 Å². The minimum Gasteiger partial charge on any atom is -0.497 e. The fourth-order valence-corrected chi connectivity index (χ4v) is 3.56. The predicted octanol–water partition coefficient (Wildman–Crippen LogP) is 3.37. The van der Waals surface area contributed by atoms with Crippen LogP contribution in [0.15, 0.2) is 42.5 Å². The van der Waals surface area contributed by atoms with E-state index in [9.17, 15) is 4.79 Å². The molecule has 3 rings (SSSR count). The van der Waals surface area contributed by atoms with Gasteiger partial charge in [-0.05, 0) is 51.2 Å². The third-order valence-corrected chi connectivity index (χ3v) is 5.28. The molecule has 156 valence electrons. The van der Waals surface area contributed by atoms with Crippen molar-refractivity contribution in [2.75, 3.05) is 40.3 Å². The lowest BCUT2D eigenvalue weighted by Crippen LogP contribution is -2.50. The Balaban J connectivity index is 1.76. The molecule has 29 heavy (non-hydrogen) atoms. The van der Waals surface area contributed by atoms with Gasteiger partial charge in [0, 0.05) is 56.0 Å². The highest BCUT2D eigenvalue weighted by molar-refractivity contribution is 5.94. The van der Waals surface area contributed by atoms with Gasteiger partial charge in [-0.1, -0.05) is 6.07 Å². The first kappa shape index (κ1) is 21.1. The third-order valence-electron chi connectivity index (χ3n) is 5.28. The van der Waals surface area contributed by atoms with Gasteiger partial charge in [-0.2, -0.15) is 0 Å². The second kappa shape index (κ2) is 9.76.